The SMILES string of the molecule is CCCCCCCCCCCCC(C)(O)CCC=C(C)C. The van der Waals surface area contributed by atoms with Gasteiger partial charge in [0.05, 0.1) is 5.60 Å². The van der Waals surface area contributed by atoms with Crippen LogP contribution in [0, 0.1) is 0 Å². The smallest absolute Gasteiger partial charge is 0.0622 e. The molecule has 0 aliphatic carbocycles. The highest BCUT2D eigenvalue weighted by atomic mass is 16.3. The van der Waals surface area contributed by atoms with Gasteiger partial charge >= 0.3 is 0 Å². The van der Waals surface area contributed by atoms with E-state index in [1.807, 2.05) is 6.92 Å². The maximum absolute atomic E-state index is 10.3. The van der Waals surface area contributed by atoms with Crippen LogP contribution >= 0.6 is 0 Å². The van der Waals surface area contributed by atoms with E-state index in [2.05, 4.69) is 26.8 Å². The minimum atomic E-state index is -0.466. The van der Waals surface area contributed by atoms with Crippen molar-refractivity contribution in [1.29, 1.82) is 0 Å². The molecular formula is C20H40O. The number of allylic oxidation sites excluding steroid dienone is 2. The van der Waals surface area contributed by atoms with Gasteiger partial charge in [-0.3, -0.25) is 0 Å². The third kappa shape index (κ3) is 15.9. The first-order valence-corrected chi connectivity index (χ1v) is 9.33. The van der Waals surface area contributed by atoms with Crippen LogP contribution in [0.5, 0.6) is 0 Å². The van der Waals surface area contributed by atoms with Crippen LogP contribution in [0.4, 0.5) is 0 Å². The molecule has 0 saturated carbocycles. The number of hydrogen-bond acceptors (Lipinski definition) is 1. The van der Waals surface area contributed by atoms with Crippen LogP contribution in [0.15, 0.2) is 11.6 Å². The second-order valence-corrected chi connectivity index (χ2v) is 7.25. The Morgan fingerprint density at radius 2 is 1.29 bits per heavy atom. The molecule has 0 fully saturated rings. The Hall–Kier alpha value is -0.300. The van der Waals surface area contributed by atoms with Crippen LogP contribution in [0.2, 0.25) is 0 Å². The van der Waals surface area contributed by atoms with Gasteiger partial charge in [0, 0.05) is 0 Å². The fraction of sp³-hybridized carbons (Fsp3) is 0.900. The average Bonchev–Trinajstić information content (AvgIpc) is 2.40. The molecule has 0 radical (unpaired) electrons. The summed E-state index contributed by atoms with van der Waals surface area (Å²) in [5.74, 6) is 0. The van der Waals surface area contributed by atoms with Crippen molar-refractivity contribution in [1.82, 2.24) is 0 Å². The van der Waals surface area contributed by atoms with Crippen molar-refractivity contribution in [2.24, 2.45) is 0 Å². The zero-order chi connectivity index (χ0) is 16.0. The minimum absolute atomic E-state index is 0.466. The molecular weight excluding hydrogens is 256 g/mol. The van der Waals surface area contributed by atoms with E-state index in [0.717, 1.165) is 19.3 Å². The Labute approximate surface area is 134 Å². The standard InChI is InChI=1S/C20H40O/c1-5-6-7-8-9-10-11-12-13-14-17-20(4,21)18-15-16-19(2)3/h16,21H,5-15,17-18H2,1-4H3. The number of unbranched alkanes of at least 4 members (excludes halogenated alkanes) is 9. The van der Waals surface area contributed by atoms with Gasteiger partial charge in [-0.25, -0.2) is 0 Å². The van der Waals surface area contributed by atoms with Crippen LogP contribution in [0.25, 0.3) is 0 Å². The molecule has 0 amide bonds. The van der Waals surface area contributed by atoms with Crippen molar-refractivity contribution in [3.05, 3.63) is 11.6 Å². The van der Waals surface area contributed by atoms with Gasteiger partial charge in [-0.15, -0.1) is 0 Å². The van der Waals surface area contributed by atoms with E-state index in [0.29, 0.717) is 0 Å². The lowest BCUT2D eigenvalue weighted by Gasteiger charge is -2.22. The Morgan fingerprint density at radius 3 is 1.76 bits per heavy atom. The molecule has 1 atom stereocenters. The van der Waals surface area contributed by atoms with Crippen LogP contribution in [-0.4, -0.2) is 10.7 Å². The highest BCUT2D eigenvalue weighted by molar-refractivity contribution is 4.94. The highest BCUT2D eigenvalue weighted by Gasteiger charge is 2.18. The van der Waals surface area contributed by atoms with Crippen molar-refractivity contribution < 1.29 is 5.11 Å². The Morgan fingerprint density at radius 1 is 0.810 bits per heavy atom. The Balaban J connectivity index is 3.38. The largest absolute Gasteiger partial charge is 0.390 e. The summed E-state index contributed by atoms with van der Waals surface area (Å²) in [6.45, 7) is 8.52. The van der Waals surface area contributed by atoms with E-state index < -0.39 is 5.60 Å². The maximum atomic E-state index is 10.3. The Bertz CT molecular complexity index is 249. The minimum Gasteiger partial charge on any atom is -0.390 e. The first-order valence-electron chi connectivity index (χ1n) is 9.33. The van der Waals surface area contributed by atoms with Crippen molar-refractivity contribution in [2.75, 3.05) is 0 Å². The molecule has 21 heavy (non-hydrogen) atoms. The molecule has 0 aromatic rings. The number of aliphatic hydroxyl groups is 1. The van der Waals surface area contributed by atoms with Crippen LogP contribution in [0.3, 0.4) is 0 Å². The molecule has 1 nitrogen and oxygen atoms in total. The van der Waals surface area contributed by atoms with Gasteiger partial charge < -0.3 is 5.11 Å². The molecule has 0 spiro atoms. The van der Waals surface area contributed by atoms with E-state index in [1.54, 1.807) is 0 Å². The number of hydrogen-bond donors (Lipinski definition) is 1. The van der Waals surface area contributed by atoms with Crippen LogP contribution in [0.1, 0.15) is 111 Å². The van der Waals surface area contributed by atoms with Gasteiger partial charge in [-0.05, 0) is 40.0 Å². The molecule has 0 aromatic carbocycles. The summed E-state index contributed by atoms with van der Waals surface area (Å²) >= 11 is 0. The quantitative estimate of drug-likeness (QED) is 0.276. The summed E-state index contributed by atoms with van der Waals surface area (Å²) in [6, 6.07) is 0. The zero-order valence-electron chi connectivity index (χ0n) is 15.2. The van der Waals surface area contributed by atoms with Crippen molar-refractivity contribution >= 4 is 0 Å². The van der Waals surface area contributed by atoms with Crippen LogP contribution < -0.4 is 0 Å². The second kappa shape index (κ2) is 13.4. The normalized spacial score (nSPS) is 14.0. The van der Waals surface area contributed by atoms with E-state index in [4.69, 9.17) is 0 Å². The van der Waals surface area contributed by atoms with Gasteiger partial charge in [-0.2, -0.15) is 0 Å². The van der Waals surface area contributed by atoms with Gasteiger partial charge in [0.1, 0.15) is 0 Å². The summed E-state index contributed by atoms with van der Waals surface area (Å²) in [7, 11) is 0. The third-order valence-corrected chi connectivity index (χ3v) is 4.30. The van der Waals surface area contributed by atoms with E-state index in [-0.39, 0.29) is 0 Å². The molecule has 1 N–H and O–H groups in total. The first kappa shape index (κ1) is 20.7. The predicted molar refractivity (Wildman–Crippen MR) is 95.7 cm³/mol. The first-order chi connectivity index (χ1) is 9.98. The van der Waals surface area contributed by atoms with E-state index in [1.165, 1.54) is 69.8 Å². The van der Waals surface area contributed by atoms with Gasteiger partial charge in [0.2, 0.25) is 0 Å². The van der Waals surface area contributed by atoms with E-state index in [9.17, 15) is 5.11 Å². The summed E-state index contributed by atoms with van der Waals surface area (Å²) < 4.78 is 0. The fourth-order valence-electron chi connectivity index (χ4n) is 2.79. The summed E-state index contributed by atoms with van der Waals surface area (Å²) in [5.41, 5.74) is 0.885. The molecule has 0 aliphatic rings. The molecule has 0 aromatic heterocycles. The summed E-state index contributed by atoms with van der Waals surface area (Å²) in [4.78, 5) is 0. The molecule has 1 unspecified atom stereocenters. The average molecular weight is 297 g/mol. The topological polar surface area (TPSA) is 20.2 Å². The fourth-order valence-corrected chi connectivity index (χ4v) is 2.79. The van der Waals surface area contributed by atoms with Crippen LogP contribution in [-0.2, 0) is 0 Å². The lowest BCUT2D eigenvalue weighted by molar-refractivity contribution is 0.0402. The van der Waals surface area contributed by atoms with Gasteiger partial charge in [-0.1, -0.05) is 82.8 Å². The second-order valence-electron chi connectivity index (χ2n) is 7.25. The van der Waals surface area contributed by atoms with E-state index >= 15 is 0 Å². The van der Waals surface area contributed by atoms with Crippen molar-refractivity contribution in [3.63, 3.8) is 0 Å². The predicted octanol–water partition coefficient (Wildman–Crippen LogP) is 6.79. The van der Waals surface area contributed by atoms with Crippen molar-refractivity contribution in [2.45, 2.75) is 117 Å². The molecule has 0 bridgehead atoms. The zero-order valence-corrected chi connectivity index (χ0v) is 15.2. The highest BCUT2D eigenvalue weighted by Crippen LogP contribution is 2.21. The number of rotatable bonds is 14. The molecule has 0 heterocycles. The molecule has 0 aliphatic heterocycles. The third-order valence-electron chi connectivity index (χ3n) is 4.30. The lowest BCUT2D eigenvalue weighted by Crippen LogP contribution is -2.23. The lowest BCUT2D eigenvalue weighted by atomic mass is 9.92. The maximum Gasteiger partial charge on any atom is 0.0622 e. The molecule has 0 rings (SSSR count). The summed E-state index contributed by atoms with van der Waals surface area (Å²) in [5, 5.41) is 10.3. The van der Waals surface area contributed by atoms with Gasteiger partial charge in [0.15, 0.2) is 0 Å². The molecule has 0 saturated heterocycles. The summed E-state index contributed by atoms with van der Waals surface area (Å²) in [6.07, 6.45) is 18.7. The molecule has 1 heteroatoms. The van der Waals surface area contributed by atoms with Gasteiger partial charge in [0.25, 0.3) is 0 Å². The molecule has 126 valence electrons. The Kier molecular flexibility index (Phi) is 13.2. The van der Waals surface area contributed by atoms with Crippen molar-refractivity contribution in [3.8, 4) is 0 Å². The monoisotopic (exact) mass is 296 g/mol.